The number of carbonyl (C=O) groups is 1. The Hall–Kier alpha value is -0.340. The summed E-state index contributed by atoms with van der Waals surface area (Å²) < 4.78 is 42.5. The Bertz CT molecular complexity index is 641. The third-order valence-electron chi connectivity index (χ3n) is 4.45. The van der Waals surface area contributed by atoms with Gasteiger partial charge in [0.1, 0.15) is 15.9 Å². The molecule has 0 amide bonds. The molecule has 0 aliphatic rings. The van der Waals surface area contributed by atoms with Crippen LogP contribution in [0.15, 0.2) is 16.5 Å². The van der Waals surface area contributed by atoms with Gasteiger partial charge < -0.3 is 13.7 Å². The van der Waals surface area contributed by atoms with Crippen LogP contribution in [0, 0.1) is 0 Å². The number of carbonyl (C=O) groups excluding carboxylic acids is 1. The summed E-state index contributed by atoms with van der Waals surface area (Å²) in [5.41, 5.74) is 0. The van der Waals surface area contributed by atoms with Crippen molar-refractivity contribution in [3.63, 3.8) is 0 Å². The molecule has 28 heavy (non-hydrogen) atoms. The topological polar surface area (TPSA) is 96.6 Å². The molecule has 1 unspecified atom stereocenters. The Morgan fingerprint density at radius 3 is 2.11 bits per heavy atom. The zero-order chi connectivity index (χ0) is 20.1. The molecule has 1 aromatic rings. The molecule has 0 N–H and O–H groups in total. The van der Waals surface area contributed by atoms with Gasteiger partial charge in [-0.2, -0.15) is 0 Å². The van der Waals surface area contributed by atoms with Crippen LogP contribution in [0.2, 0.25) is 0 Å². The van der Waals surface area contributed by atoms with Gasteiger partial charge >= 0.3 is 35.5 Å². The van der Waals surface area contributed by atoms with Crippen molar-refractivity contribution >= 4 is 16.1 Å². The van der Waals surface area contributed by atoms with Crippen molar-refractivity contribution in [1.29, 1.82) is 0 Å². The maximum atomic E-state index is 12.0. The summed E-state index contributed by atoms with van der Waals surface area (Å²) in [6.45, 7) is 4.06. The molecule has 0 bridgehead atoms. The Labute approximate surface area is 191 Å². The first-order chi connectivity index (χ1) is 12.8. The molecule has 6 nitrogen and oxygen atoms in total. The molecule has 0 radical (unpaired) electrons. The molecule has 0 aromatic carbocycles. The normalized spacial score (nSPS) is 12.4. The van der Waals surface area contributed by atoms with Crippen LogP contribution in [0.1, 0.15) is 101 Å². The molecule has 0 aliphatic heterocycles. The van der Waals surface area contributed by atoms with Crippen molar-refractivity contribution in [2.45, 2.75) is 96.3 Å². The number of ether oxygens (including phenoxy) is 1. The summed E-state index contributed by atoms with van der Waals surface area (Å²) in [5.74, 6) is -1.54. The first-order valence-corrected chi connectivity index (χ1v) is 11.6. The fraction of sp³-hybridized carbons (Fsp3) is 0.750. The number of hydrogen-bond acceptors (Lipinski definition) is 6. The van der Waals surface area contributed by atoms with Crippen molar-refractivity contribution in [3.05, 3.63) is 23.7 Å². The summed E-state index contributed by atoms with van der Waals surface area (Å²) in [6, 6.07) is 2.63. The molecule has 0 saturated carbocycles. The molecule has 0 saturated heterocycles. The first kappa shape index (κ1) is 27.7. The molecular weight excluding hydrogens is 391 g/mol. The van der Waals surface area contributed by atoms with Gasteiger partial charge in [0.2, 0.25) is 5.76 Å². The molecule has 0 fully saturated rings. The zero-order valence-electron chi connectivity index (χ0n) is 17.6. The number of hydrogen-bond donors (Lipinski definition) is 0. The molecule has 0 spiro atoms. The van der Waals surface area contributed by atoms with Crippen LogP contribution in [0.3, 0.4) is 0 Å². The smallest absolute Gasteiger partial charge is 0.748 e. The largest absolute Gasteiger partial charge is 1.00 e. The van der Waals surface area contributed by atoms with Crippen LogP contribution in [0.4, 0.5) is 0 Å². The standard InChI is InChI=1S/C20H34O6S.Na/c1-3-4-5-6-7-8-9-10-11-12-13-17(2)25-20(21)19-15-14-18(26-19)16-27(22,23)24;/h14-15,17H,3-13,16H2,1-2H3,(H,22,23,24);/q;+1/p-1. The fourth-order valence-corrected chi connectivity index (χ4v) is 3.46. The number of rotatable bonds is 15. The van der Waals surface area contributed by atoms with E-state index < -0.39 is 21.8 Å². The summed E-state index contributed by atoms with van der Waals surface area (Å²) in [5, 5.41) is 0. The molecule has 156 valence electrons. The number of unbranched alkanes of at least 4 members (excludes halogenated alkanes) is 9. The van der Waals surface area contributed by atoms with Gasteiger partial charge in [-0.05, 0) is 31.9 Å². The van der Waals surface area contributed by atoms with E-state index >= 15 is 0 Å². The summed E-state index contributed by atoms with van der Waals surface area (Å²) in [6.07, 6.45) is 13.1. The van der Waals surface area contributed by atoms with Crippen molar-refractivity contribution < 1.29 is 56.5 Å². The van der Waals surface area contributed by atoms with E-state index in [0.717, 1.165) is 19.3 Å². The summed E-state index contributed by atoms with van der Waals surface area (Å²) >= 11 is 0. The van der Waals surface area contributed by atoms with Crippen molar-refractivity contribution in [2.24, 2.45) is 0 Å². The minimum atomic E-state index is -4.44. The van der Waals surface area contributed by atoms with Crippen LogP contribution in [-0.4, -0.2) is 25.0 Å². The SMILES string of the molecule is CCCCCCCCCCCCC(C)OC(=O)c1ccc(CS(=O)(=O)[O-])o1.[Na+]. The van der Waals surface area contributed by atoms with Gasteiger partial charge in [-0.25, -0.2) is 13.2 Å². The Morgan fingerprint density at radius 2 is 1.57 bits per heavy atom. The third kappa shape index (κ3) is 13.8. The Morgan fingerprint density at radius 1 is 1.04 bits per heavy atom. The number of esters is 1. The maximum Gasteiger partial charge on any atom is 1.00 e. The van der Waals surface area contributed by atoms with E-state index in [1.54, 1.807) is 0 Å². The second kappa shape index (κ2) is 15.5. The Kier molecular flexibility index (Phi) is 15.3. The van der Waals surface area contributed by atoms with E-state index in [1.165, 1.54) is 63.5 Å². The van der Waals surface area contributed by atoms with Crippen LogP contribution in [0.25, 0.3) is 0 Å². The van der Waals surface area contributed by atoms with Gasteiger partial charge in [0, 0.05) is 0 Å². The van der Waals surface area contributed by atoms with Gasteiger partial charge in [-0.3, -0.25) is 0 Å². The van der Waals surface area contributed by atoms with E-state index in [1.807, 2.05) is 6.92 Å². The van der Waals surface area contributed by atoms with Crippen LogP contribution < -0.4 is 29.6 Å². The average molecular weight is 425 g/mol. The molecule has 8 heteroatoms. The van der Waals surface area contributed by atoms with E-state index in [9.17, 15) is 17.8 Å². The maximum absolute atomic E-state index is 12.0. The molecule has 1 aromatic heterocycles. The monoisotopic (exact) mass is 424 g/mol. The van der Waals surface area contributed by atoms with Gasteiger partial charge in [0.15, 0.2) is 0 Å². The van der Waals surface area contributed by atoms with E-state index in [2.05, 4.69) is 6.92 Å². The molecule has 0 aliphatic carbocycles. The van der Waals surface area contributed by atoms with Crippen LogP contribution >= 0.6 is 0 Å². The van der Waals surface area contributed by atoms with E-state index in [-0.39, 0.29) is 47.2 Å². The minimum absolute atomic E-state index is 0. The quantitative estimate of drug-likeness (QED) is 0.185. The fourth-order valence-electron chi connectivity index (χ4n) is 2.96. The van der Waals surface area contributed by atoms with Crippen molar-refractivity contribution in [3.8, 4) is 0 Å². The van der Waals surface area contributed by atoms with E-state index in [4.69, 9.17) is 9.15 Å². The van der Waals surface area contributed by atoms with Crippen LogP contribution in [0.5, 0.6) is 0 Å². The van der Waals surface area contributed by atoms with Crippen molar-refractivity contribution in [2.75, 3.05) is 0 Å². The van der Waals surface area contributed by atoms with Crippen LogP contribution in [-0.2, 0) is 20.6 Å². The minimum Gasteiger partial charge on any atom is -0.748 e. The van der Waals surface area contributed by atoms with Gasteiger partial charge in [-0.1, -0.05) is 64.7 Å². The van der Waals surface area contributed by atoms with Crippen molar-refractivity contribution in [1.82, 2.24) is 0 Å². The molecule has 1 heterocycles. The predicted molar refractivity (Wildman–Crippen MR) is 103 cm³/mol. The predicted octanol–water partition coefficient (Wildman–Crippen LogP) is 2.19. The van der Waals surface area contributed by atoms with Gasteiger partial charge in [0.25, 0.3) is 0 Å². The summed E-state index contributed by atoms with van der Waals surface area (Å²) in [4.78, 5) is 12.0. The molecule has 1 atom stereocenters. The first-order valence-electron chi connectivity index (χ1n) is 10.0. The number of furan rings is 1. The molecule has 1 rings (SSSR count). The third-order valence-corrected chi connectivity index (χ3v) is 5.09. The second-order valence-corrected chi connectivity index (χ2v) is 8.56. The molecular formula is C20H33NaO6S. The second-order valence-electron chi connectivity index (χ2n) is 7.15. The van der Waals surface area contributed by atoms with Gasteiger partial charge in [-0.15, -0.1) is 0 Å². The Balaban J connectivity index is 0.00000729. The van der Waals surface area contributed by atoms with Gasteiger partial charge in [0.05, 0.1) is 11.9 Å². The average Bonchev–Trinajstić information content (AvgIpc) is 3.03. The van der Waals surface area contributed by atoms with E-state index in [0.29, 0.717) is 0 Å². The summed E-state index contributed by atoms with van der Waals surface area (Å²) in [7, 11) is -4.44. The zero-order valence-corrected chi connectivity index (χ0v) is 20.4.